The van der Waals surface area contributed by atoms with Crippen LogP contribution in [0.2, 0.25) is 0 Å². The van der Waals surface area contributed by atoms with E-state index in [1.54, 1.807) is 36.6 Å². The lowest BCUT2D eigenvalue weighted by Crippen LogP contribution is -2.27. The largest absolute Gasteiger partial charge is 0.416 e. The Bertz CT molecular complexity index is 1550. The van der Waals surface area contributed by atoms with E-state index in [2.05, 4.69) is 0 Å². The van der Waals surface area contributed by atoms with Crippen molar-refractivity contribution >= 4 is 39.8 Å². The molecule has 0 radical (unpaired) electrons. The summed E-state index contributed by atoms with van der Waals surface area (Å²) in [5.41, 5.74) is 2.58. The zero-order valence-electron chi connectivity index (χ0n) is 19.5. The lowest BCUT2D eigenvalue weighted by molar-refractivity contribution is -0.137. The van der Waals surface area contributed by atoms with Crippen molar-refractivity contribution in [1.29, 1.82) is 0 Å². The molecule has 0 spiro atoms. The number of aromatic nitrogens is 1. The molecule has 0 N–H and O–H groups in total. The Kier molecular flexibility index (Phi) is 6.00. The molecule has 1 aliphatic rings. The highest BCUT2D eigenvalue weighted by Crippen LogP contribution is 2.36. The van der Waals surface area contributed by atoms with Crippen molar-refractivity contribution in [2.24, 2.45) is 0 Å². The highest BCUT2D eigenvalue weighted by atomic mass is 32.2. The van der Waals surface area contributed by atoms with Crippen LogP contribution in [0, 0.1) is 13.8 Å². The van der Waals surface area contributed by atoms with E-state index in [-0.39, 0.29) is 22.6 Å². The second kappa shape index (κ2) is 9.02. The van der Waals surface area contributed by atoms with Gasteiger partial charge in [0.25, 0.3) is 11.1 Å². The van der Waals surface area contributed by atoms with Crippen LogP contribution in [0.4, 0.5) is 18.0 Å². The molecule has 0 atom stereocenters. The summed E-state index contributed by atoms with van der Waals surface area (Å²) in [6, 6.07) is 20.5. The fourth-order valence-electron chi connectivity index (χ4n) is 4.53. The van der Waals surface area contributed by atoms with Crippen molar-refractivity contribution in [3.8, 4) is 5.69 Å². The van der Waals surface area contributed by atoms with Gasteiger partial charge in [-0.3, -0.25) is 14.5 Å². The molecule has 2 heterocycles. The summed E-state index contributed by atoms with van der Waals surface area (Å²) in [5.74, 6) is -0.387. The van der Waals surface area contributed by atoms with Crippen molar-refractivity contribution in [2.45, 2.75) is 26.6 Å². The molecule has 5 rings (SSSR count). The van der Waals surface area contributed by atoms with Crippen LogP contribution in [0.3, 0.4) is 0 Å². The first kappa shape index (κ1) is 23.9. The number of fused-ring (bicyclic) bond motifs is 1. The Morgan fingerprint density at radius 3 is 2.42 bits per heavy atom. The van der Waals surface area contributed by atoms with Crippen molar-refractivity contribution in [3.63, 3.8) is 0 Å². The maximum atomic E-state index is 13.2. The minimum Gasteiger partial charge on any atom is -0.318 e. The average Bonchev–Trinajstić information content (AvgIpc) is 3.27. The molecule has 0 saturated carbocycles. The molecule has 1 aromatic heterocycles. The molecular formula is C28H21F3N2O2S. The lowest BCUT2D eigenvalue weighted by atomic mass is 10.0. The number of benzene rings is 3. The van der Waals surface area contributed by atoms with Gasteiger partial charge in [-0.15, -0.1) is 0 Å². The molecule has 182 valence electrons. The van der Waals surface area contributed by atoms with Crippen LogP contribution in [0.15, 0.2) is 77.7 Å². The Morgan fingerprint density at radius 1 is 0.917 bits per heavy atom. The lowest BCUT2D eigenvalue weighted by Gasteiger charge is -2.14. The third kappa shape index (κ3) is 4.33. The quantitative estimate of drug-likeness (QED) is 0.269. The molecule has 0 bridgehead atoms. The first-order valence-corrected chi connectivity index (χ1v) is 12.0. The van der Waals surface area contributed by atoms with E-state index in [4.69, 9.17) is 0 Å². The second-order valence-corrected chi connectivity index (χ2v) is 9.61. The van der Waals surface area contributed by atoms with Crippen LogP contribution in [0.25, 0.3) is 22.5 Å². The number of rotatable bonds is 4. The summed E-state index contributed by atoms with van der Waals surface area (Å²) in [6.07, 6.45) is -2.81. The molecule has 2 amide bonds. The van der Waals surface area contributed by atoms with Crippen LogP contribution in [0.5, 0.6) is 0 Å². The molecule has 3 aromatic carbocycles. The van der Waals surface area contributed by atoms with Gasteiger partial charge in [0.05, 0.1) is 17.0 Å². The number of thioether (sulfide) groups is 1. The van der Waals surface area contributed by atoms with Gasteiger partial charge in [0, 0.05) is 17.1 Å². The van der Waals surface area contributed by atoms with Gasteiger partial charge >= 0.3 is 6.18 Å². The van der Waals surface area contributed by atoms with Crippen molar-refractivity contribution in [3.05, 3.63) is 106 Å². The molecule has 1 aliphatic heterocycles. The Balaban J connectivity index is 1.45. The van der Waals surface area contributed by atoms with Gasteiger partial charge in [0.1, 0.15) is 0 Å². The fraction of sp³-hybridized carbons (Fsp3) is 0.143. The first-order valence-electron chi connectivity index (χ1n) is 11.2. The monoisotopic (exact) mass is 506 g/mol. The van der Waals surface area contributed by atoms with E-state index in [0.717, 1.165) is 40.2 Å². The van der Waals surface area contributed by atoms with Gasteiger partial charge in [0.15, 0.2) is 0 Å². The van der Waals surface area contributed by atoms with Gasteiger partial charge in [-0.25, -0.2) is 0 Å². The Labute approximate surface area is 210 Å². The molecular weight excluding hydrogens is 485 g/mol. The number of halogens is 3. The zero-order valence-corrected chi connectivity index (χ0v) is 20.3. The van der Waals surface area contributed by atoms with E-state index in [0.29, 0.717) is 22.6 Å². The zero-order chi connectivity index (χ0) is 25.6. The SMILES string of the molecule is Cc1cc(/C=C2\SC(=O)N(Cc3cccc4ccccc34)C2=O)c(C)n1-c1cccc(C(F)(F)F)c1. The minimum absolute atomic E-state index is 0.159. The molecule has 0 unspecified atom stereocenters. The summed E-state index contributed by atoms with van der Waals surface area (Å²) in [5, 5.41) is 1.65. The average molecular weight is 507 g/mol. The number of aryl methyl sites for hydroxylation is 1. The fourth-order valence-corrected chi connectivity index (χ4v) is 5.36. The summed E-state index contributed by atoms with van der Waals surface area (Å²) in [6.45, 7) is 3.73. The van der Waals surface area contributed by atoms with Crippen LogP contribution in [-0.2, 0) is 17.5 Å². The highest BCUT2D eigenvalue weighted by molar-refractivity contribution is 8.18. The molecule has 4 nitrogen and oxygen atoms in total. The molecule has 1 fully saturated rings. The molecule has 0 aliphatic carbocycles. The smallest absolute Gasteiger partial charge is 0.318 e. The van der Waals surface area contributed by atoms with Crippen LogP contribution >= 0.6 is 11.8 Å². The maximum absolute atomic E-state index is 13.2. The van der Waals surface area contributed by atoms with E-state index >= 15 is 0 Å². The Hall–Kier alpha value is -3.78. The number of nitrogens with zero attached hydrogens (tertiary/aromatic N) is 2. The number of alkyl halides is 3. The van der Waals surface area contributed by atoms with Crippen molar-refractivity contribution in [2.75, 3.05) is 0 Å². The number of amides is 2. The molecule has 4 aromatic rings. The van der Waals surface area contributed by atoms with E-state index in [1.807, 2.05) is 42.5 Å². The topological polar surface area (TPSA) is 42.3 Å². The molecule has 1 saturated heterocycles. The van der Waals surface area contributed by atoms with Gasteiger partial charge in [-0.2, -0.15) is 13.2 Å². The summed E-state index contributed by atoms with van der Waals surface area (Å²) < 4.78 is 41.4. The van der Waals surface area contributed by atoms with E-state index in [9.17, 15) is 22.8 Å². The van der Waals surface area contributed by atoms with Gasteiger partial charge in [0.2, 0.25) is 0 Å². The second-order valence-electron chi connectivity index (χ2n) is 8.62. The molecule has 36 heavy (non-hydrogen) atoms. The third-order valence-corrected chi connectivity index (χ3v) is 7.18. The molecule has 8 heteroatoms. The van der Waals surface area contributed by atoms with Gasteiger partial charge in [-0.1, -0.05) is 48.5 Å². The van der Waals surface area contributed by atoms with Crippen LogP contribution in [-0.4, -0.2) is 20.6 Å². The standard InChI is InChI=1S/C28H21F3N2O2S/c1-17-13-21(18(2)33(17)23-11-6-10-22(15-23)28(29,30)31)14-25-26(34)32(27(35)36-25)16-20-9-5-8-19-7-3-4-12-24(19)20/h3-15H,16H2,1-2H3/b25-14-. The van der Waals surface area contributed by atoms with Crippen molar-refractivity contribution in [1.82, 2.24) is 9.47 Å². The normalized spacial score (nSPS) is 15.5. The number of carbonyl (C=O) groups excluding carboxylic acids is 2. The third-order valence-electron chi connectivity index (χ3n) is 6.27. The predicted molar refractivity (Wildman–Crippen MR) is 136 cm³/mol. The number of hydrogen-bond acceptors (Lipinski definition) is 3. The minimum atomic E-state index is -4.45. The summed E-state index contributed by atoms with van der Waals surface area (Å²) in [4.78, 5) is 27.4. The Morgan fingerprint density at radius 2 is 1.64 bits per heavy atom. The predicted octanol–water partition coefficient (Wildman–Crippen LogP) is 7.50. The number of carbonyl (C=O) groups is 2. The highest BCUT2D eigenvalue weighted by Gasteiger charge is 2.35. The van der Waals surface area contributed by atoms with Crippen LogP contribution in [0.1, 0.15) is 28.1 Å². The van der Waals surface area contributed by atoms with E-state index < -0.39 is 11.7 Å². The first-order chi connectivity index (χ1) is 17.1. The van der Waals surface area contributed by atoms with E-state index in [1.165, 1.54) is 11.0 Å². The van der Waals surface area contributed by atoms with Gasteiger partial charge in [-0.05, 0) is 77.9 Å². The van der Waals surface area contributed by atoms with Gasteiger partial charge < -0.3 is 4.57 Å². The number of imide groups is 1. The van der Waals surface area contributed by atoms with Crippen LogP contribution < -0.4 is 0 Å². The maximum Gasteiger partial charge on any atom is 0.416 e. The van der Waals surface area contributed by atoms with Crippen molar-refractivity contribution < 1.29 is 22.8 Å². The number of hydrogen-bond donors (Lipinski definition) is 0. The summed E-state index contributed by atoms with van der Waals surface area (Å²) >= 11 is 0.867. The summed E-state index contributed by atoms with van der Waals surface area (Å²) in [7, 11) is 0.